The van der Waals surface area contributed by atoms with E-state index in [0.717, 1.165) is 41.0 Å². The normalized spacial score (nSPS) is 19.6. The van der Waals surface area contributed by atoms with E-state index in [9.17, 15) is 26.3 Å². The van der Waals surface area contributed by atoms with Crippen molar-refractivity contribution in [3.63, 3.8) is 0 Å². The van der Waals surface area contributed by atoms with Gasteiger partial charge >= 0.3 is 12.4 Å². The van der Waals surface area contributed by atoms with Crippen LogP contribution in [-0.2, 0) is 22.6 Å². The number of nitrogens with two attached hydrogens (primary N) is 2. The Morgan fingerprint density at radius 1 is 0.590 bits per heavy atom. The van der Waals surface area contributed by atoms with Crippen LogP contribution in [0.15, 0.2) is 103 Å². The molecule has 1 aliphatic heterocycles. The van der Waals surface area contributed by atoms with Gasteiger partial charge in [0.25, 0.3) is 0 Å². The molecule has 2 atom stereocenters. The van der Waals surface area contributed by atoms with E-state index < -0.39 is 40.8 Å². The van der Waals surface area contributed by atoms with Gasteiger partial charge in [0.15, 0.2) is 5.72 Å². The Kier molecular flexibility index (Phi) is 6.57. The highest BCUT2D eigenvalue weighted by Gasteiger charge is 2.58. The molecule has 202 valence electrons. The summed E-state index contributed by atoms with van der Waals surface area (Å²) >= 11 is 0. The predicted molar refractivity (Wildman–Crippen MR) is 135 cm³/mol. The quantitative estimate of drug-likeness (QED) is 0.197. The minimum atomic E-state index is -4.56. The van der Waals surface area contributed by atoms with Crippen LogP contribution in [0.4, 0.5) is 26.3 Å². The van der Waals surface area contributed by atoms with E-state index in [0.29, 0.717) is 0 Å². The molecule has 0 aliphatic carbocycles. The van der Waals surface area contributed by atoms with E-state index in [-0.39, 0.29) is 17.5 Å². The first-order chi connectivity index (χ1) is 18.3. The highest BCUT2D eigenvalue weighted by Crippen LogP contribution is 2.52. The molecule has 0 bridgehead atoms. The Morgan fingerprint density at radius 2 is 1.00 bits per heavy atom. The maximum absolute atomic E-state index is 13.2. The third-order valence-corrected chi connectivity index (χ3v) is 7.05. The summed E-state index contributed by atoms with van der Waals surface area (Å²) in [7, 11) is 0. The fraction of sp³-hybridized carbons (Fsp3) is 0.200. The van der Waals surface area contributed by atoms with Gasteiger partial charge in [-0.05, 0) is 52.1 Å². The van der Waals surface area contributed by atoms with Crippen molar-refractivity contribution in [2.75, 3.05) is 0 Å². The zero-order chi connectivity index (χ0) is 28.1. The van der Waals surface area contributed by atoms with Crippen LogP contribution in [0.25, 0.3) is 11.1 Å². The monoisotopic (exact) mass is 542 g/mol. The highest BCUT2D eigenvalue weighted by molar-refractivity contribution is 5.63. The third kappa shape index (κ3) is 5.43. The van der Waals surface area contributed by atoms with Crippen LogP contribution in [0.3, 0.4) is 0 Å². The van der Waals surface area contributed by atoms with Crippen LogP contribution in [0.5, 0.6) is 0 Å². The van der Waals surface area contributed by atoms with Crippen LogP contribution in [0.1, 0.15) is 40.3 Å². The fourth-order valence-corrected chi connectivity index (χ4v) is 4.87. The summed E-state index contributed by atoms with van der Waals surface area (Å²) < 4.78 is 84.9. The molecule has 0 amide bonds. The average molecular weight is 543 g/mol. The molecule has 2 unspecified atom stereocenters. The molecule has 39 heavy (non-hydrogen) atoms. The molecule has 3 nitrogen and oxygen atoms in total. The zero-order valence-corrected chi connectivity index (χ0v) is 20.4. The summed E-state index contributed by atoms with van der Waals surface area (Å²) in [5, 5.41) is 0. The van der Waals surface area contributed by atoms with Crippen molar-refractivity contribution < 1.29 is 31.1 Å². The van der Waals surface area contributed by atoms with Gasteiger partial charge in [0.1, 0.15) is 6.10 Å². The van der Waals surface area contributed by atoms with Crippen LogP contribution < -0.4 is 11.5 Å². The number of hydrogen-bond acceptors (Lipinski definition) is 3. The van der Waals surface area contributed by atoms with Crippen molar-refractivity contribution in [1.82, 2.24) is 0 Å². The summed E-state index contributed by atoms with van der Waals surface area (Å²) in [5.74, 6) is 0. The van der Waals surface area contributed by atoms with Crippen molar-refractivity contribution in [2.45, 2.75) is 36.1 Å². The van der Waals surface area contributed by atoms with Gasteiger partial charge in [-0.3, -0.25) is 0 Å². The Bertz CT molecular complexity index is 1380. The maximum atomic E-state index is 13.2. The van der Waals surface area contributed by atoms with E-state index in [1.165, 1.54) is 24.3 Å². The number of alkyl halides is 6. The van der Waals surface area contributed by atoms with E-state index >= 15 is 0 Å². The minimum absolute atomic E-state index is 0.0954. The molecule has 9 heteroatoms. The topological polar surface area (TPSA) is 64.6 Å². The molecule has 1 aliphatic rings. The van der Waals surface area contributed by atoms with E-state index in [1.807, 2.05) is 54.6 Å². The van der Waals surface area contributed by atoms with E-state index in [1.54, 1.807) is 0 Å². The van der Waals surface area contributed by atoms with Gasteiger partial charge in [0, 0.05) is 6.42 Å². The SMILES string of the molecule is NC(CC1(N)OC1c1ccc(-c2ccccc2)cc1)(c1ccc(C(F)(F)F)cc1)c1ccc(C(F)(F)F)cc1. The number of ether oxygens (including phenoxy) is 1. The highest BCUT2D eigenvalue weighted by atomic mass is 19.4. The number of rotatable bonds is 6. The van der Waals surface area contributed by atoms with Crippen molar-refractivity contribution in [3.8, 4) is 11.1 Å². The summed E-state index contributed by atoms with van der Waals surface area (Å²) in [6.45, 7) is 0. The van der Waals surface area contributed by atoms with Gasteiger partial charge in [0.05, 0.1) is 16.7 Å². The van der Waals surface area contributed by atoms with E-state index in [4.69, 9.17) is 16.2 Å². The van der Waals surface area contributed by atoms with E-state index in [2.05, 4.69) is 0 Å². The molecule has 4 N–H and O–H groups in total. The van der Waals surface area contributed by atoms with Crippen molar-refractivity contribution in [3.05, 3.63) is 131 Å². The number of halogens is 6. The second-order valence-electron chi connectivity index (χ2n) is 9.74. The predicted octanol–water partition coefficient (Wildman–Crippen LogP) is 7.41. The molecule has 1 saturated heterocycles. The first kappa shape index (κ1) is 26.9. The number of benzene rings is 4. The lowest BCUT2D eigenvalue weighted by Gasteiger charge is -2.33. The Labute approximate surface area is 221 Å². The van der Waals surface area contributed by atoms with Gasteiger partial charge in [-0.2, -0.15) is 26.3 Å². The van der Waals surface area contributed by atoms with Crippen LogP contribution in [0, 0.1) is 0 Å². The van der Waals surface area contributed by atoms with Crippen LogP contribution >= 0.6 is 0 Å². The molecule has 5 rings (SSSR count). The van der Waals surface area contributed by atoms with Gasteiger partial charge in [-0.15, -0.1) is 0 Å². The standard InChI is InChI=1S/C30H24F6N2O/c31-29(32,33)24-14-10-22(11-15-24)27(37,23-12-16-25(17-13-23)30(34,35)36)18-28(38)26(39-28)21-8-6-20(7-9-21)19-4-2-1-3-5-19/h1-17,26H,18,37-38H2. The second kappa shape index (κ2) is 9.51. The molecule has 4 aromatic rings. The minimum Gasteiger partial charge on any atom is -0.345 e. The summed E-state index contributed by atoms with van der Waals surface area (Å²) in [4.78, 5) is 0. The summed E-state index contributed by atoms with van der Waals surface area (Å²) in [6, 6.07) is 25.8. The Morgan fingerprint density at radius 3 is 1.44 bits per heavy atom. The summed E-state index contributed by atoms with van der Waals surface area (Å²) in [6.07, 6.45) is -9.78. The Hall–Kier alpha value is -3.66. The first-order valence-corrected chi connectivity index (χ1v) is 12.1. The summed E-state index contributed by atoms with van der Waals surface area (Å²) in [5.41, 5.74) is 12.1. The lowest BCUT2D eigenvalue weighted by Crippen LogP contribution is -2.45. The molecule has 0 spiro atoms. The number of epoxide rings is 1. The third-order valence-electron chi connectivity index (χ3n) is 7.05. The van der Waals surface area contributed by atoms with Crippen molar-refractivity contribution in [2.24, 2.45) is 11.5 Å². The smallest absolute Gasteiger partial charge is 0.345 e. The Balaban J connectivity index is 1.46. The molecule has 0 aromatic heterocycles. The molecule has 1 heterocycles. The molecule has 4 aromatic carbocycles. The molecule has 1 fully saturated rings. The van der Waals surface area contributed by atoms with Gasteiger partial charge in [-0.1, -0.05) is 78.9 Å². The molecular formula is C30H24F6N2O. The van der Waals surface area contributed by atoms with Gasteiger partial charge in [0.2, 0.25) is 0 Å². The maximum Gasteiger partial charge on any atom is 0.416 e. The van der Waals surface area contributed by atoms with Gasteiger partial charge in [-0.25, -0.2) is 0 Å². The molecular weight excluding hydrogens is 518 g/mol. The van der Waals surface area contributed by atoms with Crippen LogP contribution in [-0.4, -0.2) is 5.72 Å². The van der Waals surface area contributed by atoms with Crippen molar-refractivity contribution in [1.29, 1.82) is 0 Å². The first-order valence-electron chi connectivity index (χ1n) is 12.1. The van der Waals surface area contributed by atoms with Gasteiger partial charge < -0.3 is 16.2 Å². The second-order valence-corrected chi connectivity index (χ2v) is 9.74. The lowest BCUT2D eigenvalue weighted by molar-refractivity contribution is -0.138. The van der Waals surface area contributed by atoms with Crippen molar-refractivity contribution >= 4 is 0 Å². The average Bonchev–Trinajstić information content (AvgIpc) is 3.58. The fourth-order valence-electron chi connectivity index (χ4n) is 4.87. The molecule has 0 radical (unpaired) electrons. The lowest BCUT2D eigenvalue weighted by atomic mass is 9.77. The number of hydrogen-bond donors (Lipinski definition) is 2. The largest absolute Gasteiger partial charge is 0.416 e. The zero-order valence-electron chi connectivity index (χ0n) is 20.4. The van der Waals surface area contributed by atoms with Crippen LogP contribution in [0.2, 0.25) is 0 Å². The molecule has 0 saturated carbocycles.